The van der Waals surface area contributed by atoms with E-state index in [1.807, 2.05) is 30.3 Å². The van der Waals surface area contributed by atoms with Crippen molar-refractivity contribution < 1.29 is 22.4 Å². The van der Waals surface area contributed by atoms with E-state index in [4.69, 9.17) is 9.15 Å². The van der Waals surface area contributed by atoms with Crippen LogP contribution < -0.4 is 0 Å². The third-order valence-electron chi connectivity index (χ3n) is 4.83. The van der Waals surface area contributed by atoms with E-state index < -0.39 is 9.84 Å². The first-order valence-electron chi connectivity index (χ1n) is 9.12. The number of thioether (sulfide) groups is 1. The second kappa shape index (κ2) is 8.05. The van der Waals surface area contributed by atoms with Gasteiger partial charge in [0.1, 0.15) is 5.76 Å². The van der Waals surface area contributed by atoms with Gasteiger partial charge in [-0.2, -0.15) is 0 Å². The number of benzene rings is 1. The number of carbonyl (C=O) groups is 1. The molecule has 0 spiro atoms. The first-order valence-corrected chi connectivity index (χ1v) is 11.9. The summed E-state index contributed by atoms with van der Waals surface area (Å²) in [5.41, 5.74) is 0.924. The van der Waals surface area contributed by atoms with Crippen molar-refractivity contribution in [2.45, 2.75) is 19.0 Å². The number of carbonyl (C=O) groups excluding carboxylic acids is 1. The summed E-state index contributed by atoms with van der Waals surface area (Å²) >= 11 is 1.59. The average Bonchev–Trinajstić information content (AvgIpc) is 3.35. The smallest absolute Gasteiger partial charge is 0.290 e. The predicted octanol–water partition coefficient (Wildman–Crippen LogP) is 2.93. The Morgan fingerprint density at radius 3 is 2.68 bits per heavy atom. The Kier molecular flexibility index (Phi) is 5.50. The van der Waals surface area contributed by atoms with Crippen LogP contribution >= 0.6 is 11.8 Å². The molecule has 0 saturated carbocycles. The van der Waals surface area contributed by atoms with E-state index in [1.165, 1.54) is 0 Å². The first kappa shape index (κ1) is 19.1. The molecule has 2 aliphatic rings. The van der Waals surface area contributed by atoms with Crippen LogP contribution in [0.3, 0.4) is 0 Å². The van der Waals surface area contributed by atoms with Gasteiger partial charge in [-0.25, -0.2) is 8.42 Å². The lowest BCUT2D eigenvalue weighted by atomic mass is 10.1. The fraction of sp³-hybridized carbons (Fsp3) is 0.350. The van der Waals surface area contributed by atoms with Crippen LogP contribution in [-0.4, -0.2) is 49.1 Å². The Morgan fingerprint density at radius 2 is 2.00 bits per heavy atom. The van der Waals surface area contributed by atoms with Crippen molar-refractivity contribution in [3.8, 4) is 0 Å². The number of amides is 1. The van der Waals surface area contributed by atoms with E-state index >= 15 is 0 Å². The quantitative estimate of drug-likeness (QED) is 0.742. The highest BCUT2D eigenvalue weighted by molar-refractivity contribution is 8.08. The molecule has 1 amide bonds. The molecule has 0 aliphatic carbocycles. The minimum absolute atomic E-state index is 0.0272. The molecule has 0 radical (unpaired) electrons. The standard InChI is InChI=1S/C20H21NO5S2/c22-20(18-19(27-11-10-26-18)15-5-2-1-3-6-15)21(13-17-7-4-9-25-17)16-8-12-28(23,24)14-16/h1-7,9,16H,8,10-14H2/t16-/m1/s1. The molecule has 148 valence electrons. The molecule has 0 bridgehead atoms. The second-order valence-corrected chi connectivity index (χ2v) is 10.1. The van der Waals surface area contributed by atoms with Gasteiger partial charge in [-0.1, -0.05) is 30.3 Å². The highest BCUT2D eigenvalue weighted by Crippen LogP contribution is 2.36. The number of furan rings is 1. The third-order valence-corrected chi connectivity index (χ3v) is 7.66. The minimum atomic E-state index is -3.14. The summed E-state index contributed by atoms with van der Waals surface area (Å²) in [6.45, 7) is 0.658. The number of rotatable bonds is 5. The molecule has 1 aromatic heterocycles. The summed E-state index contributed by atoms with van der Waals surface area (Å²) in [4.78, 5) is 15.9. The summed E-state index contributed by atoms with van der Waals surface area (Å²) < 4.78 is 35.3. The SMILES string of the molecule is O=C(C1=C(c2ccccc2)SCCO1)N(Cc1ccco1)[C@@H]1CCS(=O)(=O)C1. The number of ether oxygens (including phenoxy) is 1. The van der Waals surface area contributed by atoms with Gasteiger partial charge in [-0.3, -0.25) is 4.79 Å². The monoisotopic (exact) mass is 419 g/mol. The summed E-state index contributed by atoms with van der Waals surface area (Å²) in [6, 6.07) is 12.8. The van der Waals surface area contributed by atoms with Crippen LogP contribution in [0.1, 0.15) is 17.7 Å². The molecular weight excluding hydrogens is 398 g/mol. The Labute approximate surface area is 168 Å². The van der Waals surface area contributed by atoms with Crippen LogP contribution in [0.25, 0.3) is 4.91 Å². The molecule has 0 unspecified atom stereocenters. The molecule has 2 aromatic rings. The molecule has 6 nitrogen and oxygen atoms in total. The zero-order valence-corrected chi connectivity index (χ0v) is 16.9. The van der Waals surface area contributed by atoms with E-state index in [1.54, 1.807) is 35.1 Å². The zero-order chi connectivity index (χ0) is 19.6. The number of hydrogen-bond donors (Lipinski definition) is 0. The molecule has 1 saturated heterocycles. The minimum Gasteiger partial charge on any atom is -0.486 e. The normalized spacial score (nSPS) is 21.4. The molecule has 3 heterocycles. The maximum absolute atomic E-state index is 13.5. The lowest BCUT2D eigenvalue weighted by Crippen LogP contribution is -2.42. The molecule has 1 fully saturated rings. The fourth-order valence-electron chi connectivity index (χ4n) is 3.47. The maximum Gasteiger partial charge on any atom is 0.290 e. The summed E-state index contributed by atoms with van der Waals surface area (Å²) in [5, 5.41) is 0. The zero-order valence-electron chi connectivity index (χ0n) is 15.2. The molecule has 1 atom stereocenters. The van der Waals surface area contributed by atoms with Crippen molar-refractivity contribution in [3.05, 3.63) is 65.8 Å². The van der Waals surface area contributed by atoms with Crippen molar-refractivity contribution in [3.63, 3.8) is 0 Å². The van der Waals surface area contributed by atoms with Gasteiger partial charge in [0.15, 0.2) is 15.6 Å². The van der Waals surface area contributed by atoms with Crippen molar-refractivity contribution in [2.75, 3.05) is 23.9 Å². The van der Waals surface area contributed by atoms with Crippen molar-refractivity contribution in [2.24, 2.45) is 0 Å². The summed E-state index contributed by atoms with van der Waals surface area (Å²) in [5.74, 6) is 1.45. The number of sulfone groups is 1. The van der Waals surface area contributed by atoms with Crippen LogP contribution in [0.2, 0.25) is 0 Å². The van der Waals surface area contributed by atoms with Gasteiger partial charge >= 0.3 is 0 Å². The summed E-state index contributed by atoms with van der Waals surface area (Å²) in [7, 11) is -3.14. The second-order valence-electron chi connectivity index (χ2n) is 6.79. The van der Waals surface area contributed by atoms with Crippen molar-refractivity contribution >= 4 is 32.4 Å². The van der Waals surface area contributed by atoms with E-state index in [2.05, 4.69) is 0 Å². The van der Waals surface area contributed by atoms with Gasteiger partial charge in [0.25, 0.3) is 5.91 Å². The lowest BCUT2D eigenvalue weighted by Gasteiger charge is -2.30. The van der Waals surface area contributed by atoms with Crippen LogP contribution in [0.4, 0.5) is 0 Å². The highest BCUT2D eigenvalue weighted by atomic mass is 32.2. The molecule has 28 heavy (non-hydrogen) atoms. The molecule has 2 aliphatic heterocycles. The third kappa shape index (κ3) is 4.12. The maximum atomic E-state index is 13.5. The first-order chi connectivity index (χ1) is 13.5. The molecule has 1 aromatic carbocycles. The topological polar surface area (TPSA) is 76.8 Å². The van der Waals surface area contributed by atoms with Gasteiger partial charge in [-0.15, -0.1) is 11.8 Å². The predicted molar refractivity (Wildman–Crippen MR) is 108 cm³/mol. The van der Waals surface area contributed by atoms with E-state index in [0.717, 1.165) is 16.2 Å². The van der Waals surface area contributed by atoms with Gasteiger partial charge < -0.3 is 14.1 Å². The number of hydrogen-bond acceptors (Lipinski definition) is 6. The fourth-order valence-corrected chi connectivity index (χ4v) is 6.15. The van der Waals surface area contributed by atoms with Crippen LogP contribution in [0.15, 0.2) is 58.9 Å². The molecular formula is C20H21NO5S2. The van der Waals surface area contributed by atoms with Gasteiger partial charge in [0.2, 0.25) is 0 Å². The lowest BCUT2D eigenvalue weighted by molar-refractivity contribution is -0.133. The van der Waals surface area contributed by atoms with Gasteiger partial charge in [-0.05, 0) is 24.1 Å². The average molecular weight is 420 g/mol. The highest BCUT2D eigenvalue weighted by Gasteiger charge is 2.38. The van der Waals surface area contributed by atoms with Crippen LogP contribution in [-0.2, 0) is 25.9 Å². The molecule has 4 rings (SSSR count). The van der Waals surface area contributed by atoms with Gasteiger partial charge in [0, 0.05) is 11.8 Å². The van der Waals surface area contributed by atoms with Crippen molar-refractivity contribution in [1.82, 2.24) is 4.90 Å². The largest absolute Gasteiger partial charge is 0.486 e. The summed E-state index contributed by atoms with van der Waals surface area (Å²) in [6.07, 6.45) is 1.97. The van der Waals surface area contributed by atoms with Crippen LogP contribution in [0.5, 0.6) is 0 Å². The number of nitrogens with zero attached hydrogens (tertiary/aromatic N) is 1. The van der Waals surface area contributed by atoms with Crippen molar-refractivity contribution in [1.29, 1.82) is 0 Å². The van der Waals surface area contributed by atoms with Crippen LogP contribution in [0, 0.1) is 0 Å². The van der Waals surface area contributed by atoms with E-state index in [9.17, 15) is 13.2 Å². The van der Waals surface area contributed by atoms with Gasteiger partial charge in [0.05, 0.1) is 35.8 Å². The van der Waals surface area contributed by atoms with E-state index in [-0.39, 0.29) is 30.0 Å². The Morgan fingerprint density at radius 1 is 1.18 bits per heavy atom. The Hall–Kier alpha value is -2.19. The Balaban J connectivity index is 1.70. The Bertz CT molecular complexity index is 967. The molecule has 8 heteroatoms. The van der Waals surface area contributed by atoms with E-state index in [0.29, 0.717) is 24.5 Å². The molecule has 0 N–H and O–H groups in total.